The Kier molecular flexibility index (Phi) is 2.54. The van der Waals surface area contributed by atoms with Gasteiger partial charge in [0, 0.05) is 12.3 Å². The molecule has 0 aromatic carbocycles. The van der Waals surface area contributed by atoms with Gasteiger partial charge in [-0.3, -0.25) is 0 Å². The summed E-state index contributed by atoms with van der Waals surface area (Å²) in [5.41, 5.74) is -0.934. The normalized spacial score (nSPS) is 11.8. The largest absolute Gasteiger partial charge is 0.416 e. The Balaban J connectivity index is 3.24. The summed E-state index contributed by atoms with van der Waals surface area (Å²) >= 11 is 0. The first-order valence-electron chi connectivity index (χ1n) is 3.66. The van der Waals surface area contributed by atoms with Gasteiger partial charge >= 0.3 is 6.18 Å². The first-order chi connectivity index (χ1) is 5.95. The van der Waals surface area contributed by atoms with Crippen LogP contribution in [0.25, 0.3) is 0 Å². The van der Waals surface area contributed by atoms with Crippen LogP contribution < -0.4 is 0 Å². The van der Waals surface area contributed by atoms with Crippen LogP contribution in [0.1, 0.15) is 18.1 Å². The van der Waals surface area contributed by atoms with Crippen LogP contribution in [0.4, 0.5) is 17.6 Å². The molecule has 1 aromatic heterocycles. The van der Waals surface area contributed by atoms with E-state index in [1.54, 1.807) is 6.92 Å². The molecule has 0 atom stereocenters. The third-order valence-electron chi connectivity index (χ3n) is 1.64. The topological polar surface area (TPSA) is 12.9 Å². The van der Waals surface area contributed by atoms with Gasteiger partial charge in [-0.05, 0) is 12.0 Å². The zero-order chi connectivity index (χ0) is 10.1. The molecule has 13 heavy (non-hydrogen) atoms. The van der Waals surface area contributed by atoms with Gasteiger partial charge in [0.1, 0.15) is 0 Å². The number of rotatable bonds is 1. The second-order valence-electron chi connectivity index (χ2n) is 2.52. The van der Waals surface area contributed by atoms with Crippen LogP contribution >= 0.6 is 0 Å². The number of nitrogens with zero attached hydrogens (tertiary/aromatic N) is 1. The average Bonchev–Trinajstić information content (AvgIpc) is 2.03. The van der Waals surface area contributed by atoms with Crippen molar-refractivity contribution in [3.8, 4) is 0 Å². The molecule has 0 amide bonds. The molecule has 72 valence electrons. The molecule has 0 aliphatic rings. The fourth-order valence-electron chi connectivity index (χ4n) is 1.00. The van der Waals surface area contributed by atoms with Crippen LogP contribution in [0.15, 0.2) is 12.3 Å². The fraction of sp³-hybridized carbons (Fsp3) is 0.375. The van der Waals surface area contributed by atoms with E-state index < -0.39 is 17.7 Å². The zero-order valence-corrected chi connectivity index (χ0v) is 6.82. The van der Waals surface area contributed by atoms with Crippen molar-refractivity contribution in [2.24, 2.45) is 0 Å². The van der Waals surface area contributed by atoms with Gasteiger partial charge < -0.3 is 0 Å². The maximum absolute atomic E-state index is 12.4. The molecule has 0 unspecified atom stereocenters. The van der Waals surface area contributed by atoms with E-state index in [1.807, 2.05) is 0 Å². The van der Waals surface area contributed by atoms with Crippen molar-refractivity contribution in [3.05, 3.63) is 29.3 Å². The van der Waals surface area contributed by atoms with Gasteiger partial charge in [-0.1, -0.05) is 6.92 Å². The molecule has 0 aliphatic heterocycles. The Bertz CT molecular complexity index is 306. The van der Waals surface area contributed by atoms with E-state index in [1.165, 1.54) is 0 Å². The minimum absolute atomic E-state index is 0.00824. The summed E-state index contributed by atoms with van der Waals surface area (Å²) in [6, 6.07) is 0.416. The second kappa shape index (κ2) is 3.32. The Morgan fingerprint density at radius 2 is 2.00 bits per heavy atom. The van der Waals surface area contributed by atoms with Crippen molar-refractivity contribution in [3.63, 3.8) is 0 Å². The first-order valence-corrected chi connectivity index (χ1v) is 3.66. The maximum Gasteiger partial charge on any atom is 0.416 e. The van der Waals surface area contributed by atoms with Crippen molar-refractivity contribution in [2.45, 2.75) is 19.5 Å². The molecule has 0 aliphatic carbocycles. The Morgan fingerprint density at radius 3 is 2.46 bits per heavy atom. The summed E-state index contributed by atoms with van der Waals surface area (Å²) < 4.78 is 49.1. The molecule has 0 fully saturated rings. The highest BCUT2D eigenvalue weighted by molar-refractivity contribution is 5.26. The van der Waals surface area contributed by atoms with Gasteiger partial charge in [0.25, 0.3) is 0 Å². The summed E-state index contributed by atoms with van der Waals surface area (Å²) in [4.78, 5) is 3.16. The van der Waals surface area contributed by atoms with E-state index in [4.69, 9.17) is 0 Å². The smallest absolute Gasteiger partial charge is 0.228 e. The van der Waals surface area contributed by atoms with Crippen LogP contribution in [0.3, 0.4) is 0 Å². The standard InChI is InChI=1S/C8H7F4N/c1-2-5-4-13-7(9)3-6(5)8(10,11)12/h3-4H,2H2,1H3. The summed E-state index contributed by atoms with van der Waals surface area (Å²) in [6.45, 7) is 1.56. The van der Waals surface area contributed by atoms with Gasteiger partial charge in [-0.15, -0.1) is 0 Å². The highest BCUT2D eigenvalue weighted by Gasteiger charge is 2.33. The molecule has 0 radical (unpaired) electrons. The summed E-state index contributed by atoms with van der Waals surface area (Å²) in [7, 11) is 0. The number of halogens is 4. The van der Waals surface area contributed by atoms with E-state index in [0.29, 0.717) is 6.07 Å². The predicted octanol–water partition coefficient (Wildman–Crippen LogP) is 2.80. The Morgan fingerprint density at radius 1 is 1.38 bits per heavy atom. The lowest BCUT2D eigenvalue weighted by atomic mass is 10.1. The quantitative estimate of drug-likeness (QED) is 0.493. The maximum atomic E-state index is 12.4. The highest BCUT2D eigenvalue weighted by Crippen LogP contribution is 2.31. The molecule has 0 N–H and O–H groups in total. The number of aryl methyl sites for hydroxylation is 1. The number of alkyl halides is 3. The third-order valence-corrected chi connectivity index (χ3v) is 1.64. The molecule has 1 nitrogen and oxygen atoms in total. The lowest BCUT2D eigenvalue weighted by Crippen LogP contribution is -2.10. The molecule has 1 heterocycles. The molecule has 0 saturated carbocycles. The van der Waals surface area contributed by atoms with Gasteiger partial charge in [-0.2, -0.15) is 17.6 Å². The van der Waals surface area contributed by atoms with E-state index in [2.05, 4.69) is 4.98 Å². The molecular weight excluding hydrogens is 186 g/mol. The fourth-order valence-corrected chi connectivity index (χ4v) is 1.00. The predicted molar refractivity (Wildman–Crippen MR) is 38.6 cm³/mol. The highest BCUT2D eigenvalue weighted by atomic mass is 19.4. The van der Waals surface area contributed by atoms with E-state index in [0.717, 1.165) is 6.20 Å². The second-order valence-corrected chi connectivity index (χ2v) is 2.52. The SMILES string of the molecule is CCc1cnc(F)cc1C(F)(F)F. The van der Waals surface area contributed by atoms with E-state index in [9.17, 15) is 17.6 Å². The van der Waals surface area contributed by atoms with Crippen LogP contribution in [0.5, 0.6) is 0 Å². The Hall–Kier alpha value is -1.13. The van der Waals surface area contributed by atoms with Gasteiger partial charge in [0.05, 0.1) is 5.56 Å². The van der Waals surface area contributed by atoms with Crippen molar-refractivity contribution >= 4 is 0 Å². The third kappa shape index (κ3) is 2.17. The number of hydrogen-bond donors (Lipinski definition) is 0. The average molecular weight is 193 g/mol. The van der Waals surface area contributed by atoms with Crippen molar-refractivity contribution in [1.82, 2.24) is 4.98 Å². The molecule has 0 spiro atoms. The lowest BCUT2D eigenvalue weighted by Gasteiger charge is -2.10. The van der Waals surface area contributed by atoms with Gasteiger partial charge in [-0.25, -0.2) is 4.98 Å². The van der Waals surface area contributed by atoms with E-state index in [-0.39, 0.29) is 12.0 Å². The van der Waals surface area contributed by atoms with Crippen molar-refractivity contribution in [2.75, 3.05) is 0 Å². The summed E-state index contributed by atoms with van der Waals surface area (Å²) in [5, 5.41) is 0. The molecule has 1 aromatic rings. The monoisotopic (exact) mass is 193 g/mol. The van der Waals surface area contributed by atoms with Gasteiger partial charge in [0.15, 0.2) is 0 Å². The molecule has 0 saturated heterocycles. The molecule has 0 bridgehead atoms. The number of aromatic nitrogens is 1. The van der Waals surface area contributed by atoms with Crippen LogP contribution in [-0.4, -0.2) is 4.98 Å². The van der Waals surface area contributed by atoms with Crippen molar-refractivity contribution < 1.29 is 17.6 Å². The molecule has 1 rings (SSSR count). The number of hydrogen-bond acceptors (Lipinski definition) is 1. The van der Waals surface area contributed by atoms with Crippen molar-refractivity contribution in [1.29, 1.82) is 0 Å². The minimum atomic E-state index is -4.50. The minimum Gasteiger partial charge on any atom is -0.228 e. The van der Waals surface area contributed by atoms with Gasteiger partial charge in [0.2, 0.25) is 5.95 Å². The summed E-state index contributed by atoms with van der Waals surface area (Å²) in [5.74, 6) is -1.11. The summed E-state index contributed by atoms with van der Waals surface area (Å²) in [6.07, 6.45) is -3.41. The van der Waals surface area contributed by atoms with Crippen LogP contribution in [0.2, 0.25) is 0 Å². The molecule has 5 heteroatoms. The lowest BCUT2D eigenvalue weighted by molar-refractivity contribution is -0.138. The van der Waals surface area contributed by atoms with E-state index >= 15 is 0 Å². The van der Waals surface area contributed by atoms with Crippen LogP contribution in [-0.2, 0) is 12.6 Å². The van der Waals surface area contributed by atoms with Crippen LogP contribution in [0, 0.1) is 5.95 Å². The Labute approximate surface area is 72.4 Å². The first kappa shape index (κ1) is 9.95. The zero-order valence-electron chi connectivity index (χ0n) is 6.82. The number of pyridine rings is 1. The molecular formula is C8H7F4N.